The molecule has 0 unspecified atom stereocenters. The van der Waals surface area contributed by atoms with Gasteiger partial charge in [-0.05, 0) is 44.0 Å². The number of hydrogen-bond acceptors (Lipinski definition) is 4. The third-order valence-electron chi connectivity index (χ3n) is 4.03. The number of hydrogen-bond donors (Lipinski definition) is 1. The molecule has 0 aliphatic carbocycles. The Labute approximate surface area is 119 Å². The molecule has 0 saturated carbocycles. The zero-order valence-corrected chi connectivity index (χ0v) is 12.6. The highest BCUT2D eigenvalue weighted by Crippen LogP contribution is 2.21. The minimum atomic E-state index is 0.0461. The second-order valence-electron chi connectivity index (χ2n) is 6.75. The van der Waals surface area contributed by atoms with Gasteiger partial charge in [0.1, 0.15) is 0 Å². The van der Waals surface area contributed by atoms with E-state index in [4.69, 9.17) is 5.10 Å². The van der Waals surface area contributed by atoms with Crippen molar-refractivity contribution in [1.29, 1.82) is 0 Å². The molecule has 108 valence electrons. The van der Waals surface area contributed by atoms with Crippen LogP contribution in [0.3, 0.4) is 0 Å². The summed E-state index contributed by atoms with van der Waals surface area (Å²) in [5.74, 6) is 1.70. The molecule has 1 saturated heterocycles. The van der Waals surface area contributed by atoms with Crippen molar-refractivity contribution in [1.82, 2.24) is 25.1 Å². The minimum absolute atomic E-state index is 0.0461. The van der Waals surface area contributed by atoms with Gasteiger partial charge in [0, 0.05) is 11.8 Å². The van der Waals surface area contributed by atoms with E-state index in [9.17, 15) is 0 Å². The van der Waals surface area contributed by atoms with E-state index < -0.39 is 0 Å². The number of fused-ring (bicyclic) bond motifs is 1. The van der Waals surface area contributed by atoms with Gasteiger partial charge in [0.2, 0.25) is 0 Å². The molecule has 3 heterocycles. The fourth-order valence-corrected chi connectivity index (χ4v) is 2.70. The molecule has 3 rings (SSSR count). The molecule has 1 fully saturated rings. The van der Waals surface area contributed by atoms with E-state index in [2.05, 4.69) is 42.4 Å². The van der Waals surface area contributed by atoms with Crippen molar-refractivity contribution < 1.29 is 0 Å². The van der Waals surface area contributed by atoms with E-state index in [1.54, 1.807) is 0 Å². The molecule has 0 amide bonds. The summed E-state index contributed by atoms with van der Waals surface area (Å²) in [7, 11) is 0. The molecule has 5 nitrogen and oxygen atoms in total. The van der Waals surface area contributed by atoms with E-state index >= 15 is 0 Å². The van der Waals surface area contributed by atoms with Crippen molar-refractivity contribution >= 4 is 5.65 Å². The van der Waals surface area contributed by atoms with Crippen molar-refractivity contribution in [2.75, 3.05) is 13.1 Å². The smallest absolute Gasteiger partial charge is 0.177 e. The zero-order valence-electron chi connectivity index (χ0n) is 12.6. The van der Waals surface area contributed by atoms with E-state index in [1.807, 2.05) is 10.6 Å². The molecular formula is C15H23N5. The van der Waals surface area contributed by atoms with Crippen LogP contribution in [0.1, 0.15) is 45.1 Å². The highest BCUT2D eigenvalue weighted by molar-refractivity contribution is 5.37. The van der Waals surface area contributed by atoms with Gasteiger partial charge in [0.25, 0.3) is 0 Å². The fourth-order valence-electron chi connectivity index (χ4n) is 2.70. The van der Waals surface area contributed by atoms with Crippen LogP contribution in [0.5, 0.6) is 0 Å². The quantitative estimate of drug-likeness (QED) is 0.909. The van der Waals surface area contributed by atoms with Crippen molar-refractivity contribution in [3.63, 3.8) is 0 Å². The monoisotopic (exact) mass is 273 g/mol. The first-order valence-corrected chi connectivity index (χ1v) is 7.46. The Kier molecular flexibility index (Phi) is 3.46. The summed E-state index contributed by atoms with van der Waals surface area (Å²) in [6.07, 6.45) is 3.41. The molecule has 5 heteroatoms. The Morgan fingerprint density at radius 1 is 1.20 bits per heavy atom. The minimum Gasteiger partial charge on any atom is -0.317 e. The summed E-state index contributed by atoms with van der Waals surface area (Å²) < 4.78 is 1.93. The van der Waals surface area contributed by atoms with Crippen LogP contribution in [0.2, 0.25) is 0 Å². The van der Waals surface area contributed by atoms with E-state index in [1.165, 1.54) is 12.8 Å². The SMILES string of the molecule is CC(C)(C)c1ccc2nnc(CC3CCNCC3)n2n1. The predicted molar refractivity (Wildman–Crippen MR) is 78.8 cm³/mol. The van der Waals surface area contributed by atoms with Gasteiger partial charge in [-0.15, -0.1) is 10.2 Å². The summed E-state index contributed by atoms with van der Waals surface area (Å²) >= 11 is 0. The van der Waals surface area contributed by atoms with Gasteiger partial charge in [0.05, 0.1) is 5.69 Å². The Hall–Kier alpha value is -1.49. The first-order valence-electron chi connectivity index (χ1n) is 7.46. The first kappa shape index (κ1) is 13.5. The number of piperidine rings is 1. The summed E-state index contributed by atoms with van der Waals surface area (Å²) in [4.78, 5) is 0. The van der Waals surface area contributed by atoms with Gasteiger partial charge >= 0.3 is 0 Å². The highest BCUT2D eigenvalue weighted by atomic mass is 15.4. The molecule has 0 aromatic carbocycles. The summed E-state index contributed by atoms with van der Waals surface area (Å²) in [5.41, 5.74) is 1.98. The van der Waals surface area contributed by atoms with Crippen LogP contribution < -0.4 is 5.32 Å². The van der Waals surface area contributed by atoms with Gasteiger partial charge in [-0.3, -0.25) is 0 Å². The average molecular weight is 273 g/mol. The Morgan fingerprint density at radius 3 is 2.65 bits per heavy atom. The topological polar surface area (TPSA) is 55.1 Å². The Bertz CT molecular complexity index is 590. The van der Waals surface area contributed by atoms with Gasteiger partial charge in [-0.2, -0.15) is 9.61 Å². The highest BCUT2D eigenvalue weighted by Gasteiger charge is 2.20. The molecular weight excluding hydrogens is 250 g/mol. The number of aromatic nitrogens is 4. The molecule has 1 N–H and O–H groups in total. The Balaban J connectivity index is 1.90. The lowest BCUT2D eigenvalue weighted by molar-refractivity contribution is 0.365. The van der Waals surface area contributed by atoms with Gasteiger partial charge in [-0.1, -0.05) is 20.8 Å². The lowest BCUT2D eigenvalue weighted by Crippen LogP contribution is -2.29. The molecule has 0 spiro atoms. The van der Waals surface area contributed by atoms with Crippen molar-refractivity contribution in [3.8, 4) is 0 Å². The molecule has 1 aliphatic rings. The predicted octanol–water partition coefficient (Wildman–Crippen LogP) is 1.96. The second kappa shape index (κ2) is 5.13. The lowest BCUT2D eigenvalue weighted by atomic mass is 9.92. The fraction of sp³-hybridized carbons (Fsp3) is 0.667. The maximum Gasteiger partial charge on any atom is 0.177 e. The summed E-state index contributed by atoms with van der Waals surface area (Å²) in [5, 5.41) is 16.7. The van der Waals surface area contributed by atoms with E-state index in [0.29, 0.717) is 5.92 Å². The Morgan fingerprint density at radius 2 is 1.95 bits per heavy atom. The van der Waals surface area contributed by atoms with Gasteiger partial charge in [0.15, 0.2) is 11.5 Å². The lowest BCUT2D eigenvalue weighted by Gasteiger charge is -2.21. The summed E-state index contributed by atoms with van der Waals surface area (Å²) in [6.45, 7) is 8.76. The van der Waals surface area contributed by atoms with Crippen LogP contribution in [-0.4, -0.2) is 32.9 Å². The molecule has 0 bridgehead atoms. The second-order valence-corrected chi connectivity index (χ2v) is 6.75. The van der Waals surface area contributed by atoms with Crippen LogP contribution >= 0.6 is 0 Å². The van der Waals surface area contributed by atoms with E-state index in [0.717, 1.165) is 36.7 Å². The molecule has 2 aromatic heterocycles. The molecule has 0 atom stereocenters. The number of nitrogens with one attached hydrogen (secondary N) is 1. The maximum absolute atomic E-state index is 4.75. The average Bonchev–Trinajstić information content (AvgIpc) is 2.82. The van der Waals surface area contributed by atoms with E-state index in [-0.39, 0.29) is 5.41 Å². The number of nitrogens with zero attached hydrogens (tertiary/aromatic N) is 4. The normalized spacial score (nSPS) is 17.8. The third-order valence-corrected chi connectivity index (χ3v) is 4.03. The molecule has 0 radical (unpaired) electrons. The zero-order chi connectivity index (χ0) is 14.2. The number of rotatable bonds is 2. The van der Waals surface area contributed by atoms with Gasteiger partial charge < -0.3 is 5.32 Å². The maximum atomic E-state index is 4.75. The largest absolute Gasteiger partial charge is 0.317 e. The van der Waals surface area contributed by atoms with Crippen molar-refractivity contribution in [2.45, 2.75) is 45.4 Å². The van der Waals surface area contributed by atoms with Crippen LogP contribution in [0, 0.1) is 5.92 Å². The van der Waals surface area contributed by atoms with Crippen molar-refractivity contribution in [3.05, 3.63) is 23.7 Å². The molecule has 1 aliphatic heterocycles. The van der Waals surface area contributed by atoms with Crippen LogP contribution in [-0.2, 0) is 11.8 Å². The summed E-state index contributed by atoms with van der Waals surface area (Å²) in [6, 6.07) is 4.07. The van der Waals surface area contributed by atoms with Crippen LogP contribution in [0.15, 0.2) is 12.1 Å². The standard InChI is InChI=1S/C15H23N5/c1-15(2,3)12-4-5-13-17-18-14(20(13)19-12)10-11-6-8-16-9-7-11/h4-5,11,16H,6-10H2,1-3H3. The third kappa shape index (κ3) is 2.68. The molecule has 20 heavy (non-hydrogen) atoms. The molecule has 2 aromatic rings. The van der Waals surface area contributed by atoms with Crippen LogP contribution in [0.25, 0.3) is 5.65 Å². The first-order chi connectivity index (χ1) is 9.54. The van der Waals surface area contributed by atoms with Crippen molar-refractivity contribution in [2.24, 2.45) is 5.92 Å². The van der Waals surface area contributed by atoms with Gasteiger partial charge in [-0.25, -0.2) is 0 Å². The van der Waals surface area contributed by atoms with Crippen LogP contribution in [0.4, 0.5) is 0 Å².